The van der Waals surface area contributed by atoms with Gasteiger partial charge in [-0.05, 0) is 0 Å². The fourth-order valence-electron chi connectivity index (χ4n) is 4.33. The van der Waals surface area contributed by atoms with E-state index in [0.717, 1.165) is 0 Å². The molecule has 0 aromatic carbocycles. The minimum atomic E-state index is -7.09. The predicted molar refractivity (Wildman–Crippen MR) is 141 cm³/mol. The zero-order chi connectivity index (χ0) is 36.5. The van der Waals surface area contributed by atoms with E-state index in [1.807, 2.05) is 0 Å². The van der Waals surface area contributed by atoms with E-state index >= 15 is 0 Å². The third-order valence-electron chi connectivity index (χ3n) is 6.76. The van der Waals surface area contributed by atoms with Gasteiger partial charge in [-0.25, -0.2) is 0 Å². The second-order valence-corrected chi connectivity index (χ2v) is 13.9. The van der Waals surface area contributed by atoms with E-state index in [0.29, 0.717) is 0 Å². The molecular weight excluding hydrogens is 745 g/mol. The van der Waals surface area contributed by atoms with Crippen molar-refractivity contribution in [3.8, 4) is 0 Å². The van der Waals surface area contributed by atoms with E-state index in [1.165, 1.54) is 0 Å². The van der Waals surface area contributed by atoms with E-state index in [9.17, 15) is 80.5 Å². The van der Waals surface area contributed by atoms with Crippen LogP contribution in [0.1, 0.15) is 0 Å². The molecule has 8 atom stereocenters. The van der Waals surface area contributed by atoms with Crippen LogP contribution in [0, 0.1) is 0 Å². The third-order valence-corrected chi connectivity index (χ3v) is 10.7. The topological polar surface area (TPSA) is 385 Å². The van der Waals surface area contributed by atoms with Crippen molar-refractivity contribution in [3.05, 3.63) is 46.1 Å². The Morgan fingerprint density at radius 2 is 0.633 bits per heavy atom. The van der Waals surface area contributed by atoms with Gasteiger partial charge in [0.2, 0.25) is 0 Å². The van der Waals surface area contributed by atoms with Crippen LogP contribution in [0.15, 0.2) is 46.1 Å². The summed E-state index contributed by atoms with van der Waals surface area (Å²) in [5.41, 5.74) is 0. The summed E-state index contributed by atoms with van der Waals surface area (Å²) in [4.78, 5) is 49.3. The quantitative estimate of drug-likeness (QED) is 0.0394. The monoisotopic (exact) mass is 774 g/mol. The van der Waals surface area contributed by atoms with Crippen molar-refractivity contribution in [2.75, 3.05) is 26.4 Å². The molecule has 0 saturated carbocycles. The molecule has 25 heteroatoms. The third kappa shape index (κ3) is 6.98. The average Bonchev–Trinajstić information content (AvgIpc) is 3.73. The molecule has 4 aliphatic heterocycles. The fourth-order valence-corrected chi connectivity index (χ4v) is 8.90. The molecule has 0 aromatic heterocycles. The van der Waals surface area contributed by atoms with Crippen molar-refractivity contribution in [3.63, 3.8) is 0 Å². The normalized spacial score (nSPS) is 26.8. The van der Waals surface area contributed by atoms with Crippen LogP contribution in [-0.4, -0.2) is 175 Å². The van der Waals surface area contributed by atoms with Gasteiger partial charge in [0.05, 0.1) is 0 Å². The van der Waals surface area contributed by atoms with Gasteiger partial charge in [0, 0.05) is 0 Å². The number of aliphatic hydroxyl groups is 12. The van der Waals surface area contributed by atoms with Gasteiger partial charge in [0.25, 0.3) is 0 Å². The van der Waals surface area contributed by atoms with Crippen LogP contribution in [0.3, 0.4) is 0 Å². The molecule has 0 aliphatic carbocycles. The number of ether oxygens (including phenoxy) is 4. The van der Waals surface area contributed by atoms with Crippen molar-refractivity contribution in [1.29, 1.82) is 0 Å². The van der Waals surface area contributed by atoms with Crippen LogP contribution in [-0.2, 0) is 53.2 Å². The summed E-state index contributed by atoms with van der Waals surface area (Å²) in [6.07, 6.45) is -17.4. The molecule has 4 rings (SSSR count). The Morgan fingerprint density at radius 1 is 0.449 bits per heavy atom. The molecule has 272 valence electrons. The number of carbonyl (C=O) groups excluding carboxylic acids is 4. The Bertz CT molecular complexity index is 1280. The van der Waals surface area contributed by atoms with E-state index in [4.69, 9.17) is 34.0 Å². The summed E-state index contributed by atoms with van der Waals surface area (Å²) in [5, 5.41) is 121. The van der Waals surface area contributed by atoms with E-state index < -0.39 is 160 Å². The molecule has 0 spiro atoms. The van der Waals surface area contributed by atoms with E-state index in [1.54, 1.807) is 0 Å². The maximum atomic E-state index is 12.3. The number of hydrogen-bond acceptors (Lipinski definition) is 24. The number of esters is 4. The number of cyclic esters (lactones) is 4. The maximum absolute atomic E-state index is 12.3. The molecule has 0 bridgehead atoms. The standard InChI is InChI=1S/C24H28GeO24/c26-1-5(30)13-17(9(34)21(38)42-13)46-25(47-18-10(35)22(39)43-14(18)6(31)2-27,48-19-11(36)23(40)44-15(19)7(32)3-28)49-20-12(37)24(41)45-16(20)8(33)4-29/h5-8,13-16,26-37H,1-4H2/t5-,6-,7-,8-,13+,14+,15+,16+/m0/s1. The Morgan fingerprint density at radius 3 is 0.796 bits per heavy atom. The van der Waals surface area contributed by atoms with Crippen LogP contribution in [0.25, 0.3) is 0 Å². The minimum absolute atomic E-state index is 1.21. The summed E-state index contributed by atoms with van der Waals surface area (Å²) in [6, 6.07) is 0. The Labute approximate surface area is 274 Å². The average molecular weight is 773 g/mol. The number of carbonyl (C=O) groups is 4. The molecule has 24 nitrogen and oxygen atoms in total. The van der Waals surface area contributed by atoms with Gasteiger partial charge in [0.1, 0.15) is 0 Å². The molecule has 0 saturated heterocycles. The van der Waals surface area contributed by atoms with Gasteiger partial charge in [-0.3, -0.25) is 0 Å². The molecule has 12 N–H and O–H groups in total. The first-order valence-electron chi connectivity index (χ1n) is 13.5. The molecule has 0 amide bonds. The Kier molecular flexibility index (Phi) is 11.0. The Hall–Kier alpha value is -4.54. The molecule has 0 fully saturated rings. The summed E-state index contributed by atoms with van der Waals surface area (Å²) >= 11 is -7.09. The number of rotatable bonds is 16. The predicted octanol–water partition coefficient (Wildman–Crippen LogP) is -6.32. The van der Waals surface area contributed by atoms with Crippen LogP contribution in [0.4, 0.5) is 0 Å². The van der Waals surface area contributed by atoms with Gasteiger partial charge in [-0.1, -0.05) is 0 Å². The molecule has 4 heterocycles. The number of aliphatic hydroxyl groups excluding tert-OH is 12. The Balaban J connectivity index is 2.02. The summed E-state index contributed by atoms with van der Waals surface area (Å²) in [6.45, 7) is -4.84. The molecule has 0 radical (unpaired) electrons. The summed E-state index contributed by atoms with van der Waals surface area (Å²) < 4.78 is 41.5. The van der Waals surface area contributed by atoms with Crippen molar-refractivity contribution in [1.82, 2.24) is 0 Å². The van der Waals surface area contributed by atoms with Gasteiger partial charge in [-0.15, -0.1) is 0 Å². The van der Waals surface area contributed by atoms with Crippen LogP contribution < -0.4 is 0 Å². The molecule has 0 unspecified atom stereocenters. The molecular formula is C24H28GeO24. The second-order valence-electron chi connectivity index (χ2n) is 10.1. The van der Waals surface area contributed by atoms with Crippen LogP contribution in [0.2, 0.25) is 0 Å². The van der Waals surface area contributed by atoms with Gasteiger partial charge >= 0.3 is 274 Å². The van der Waals surface area contributed by atoms with Crippen molar-refractivity contribution >= 4 is 38.5 Å². The van der Waals surface area contributed by atoms with E-state index in [-0.39, 0.29) is 0 Å². The second kappa shape index (κ2) is 14.5. The van der Waals surface area contributed by atoms with Gasteiger partial charge < -0.3 is 0 Å². The zero-order valence-electron chi connectivity index (χ0n) is 24.2. The van der Waals surface area contributed by atoms with Crippen LogP contribution >= 0.6 is 0 Å². The fraction of sp³-hybridized carbons (Fsp3) is 0.500. The summed E-state index contributed by atoms with van der Waals surface area (Å²) in [5.74, 6) is -17.8. The van der Waals surface area contributed by atoms with E-state index in [2.05, 4.69) is 0 Å². The zero-order valence-corrected chi connectivity index (χ0v) is 26.3. The molecule has 0 aromatic rings. The first-order chi connectivity index (χ1) is 23.0. The van der Waals surface area contributed by atoms with Crippen molar-refractivity contribution in [2.24, 2.45) is 0 Å². The molecule has 49 heavy (non-hydrogen) atoms. The first-order valence-corrected chi connectivity index (χ1v) is 16.9. The SMILES string of the molecule is O=C1O[C@H]([C@@H](O)CO)C([O][Ge]([O]C2=C(O)C(=O)O[C@@H]2[C@@H](O)CO)([O]C2=C(O)C(=O)O[C@@H]2[C@@H](O)CO)[O]C2=C(O)C(=O)O[C@@H]2[C@@H](O)CO)=C1O. The molecule has 4 aliphatic rings. The summed E-state index contributed by atoms with van der Waals surface area (Å²) in [7, 11) is 0. The van der Waals surface area contributed by atoms with Crippen molar-refractivity contribution in [2.45, 2.75) is 48.8 Å². The van der Waals surface area contributed by atoms with Crippen molar-refractivity contribution < 1.29 is 114 Å². The first kappa shape index (κ1) is 37.3. The van der Waals surface area contributed by atoms with Gasteiger partial charge in [-0.2, -0.15) is 0 Å². The number of hydrogen-bond donors (Lipinski definition) is 12. The van der Waals surface area contributed by atoms with Gasteiger partial charge in [0.15, 0.2) is 0 Å². The van der Waals surface area contributed by atoms with Crippen LogP contribution in [0.5, 0.6) is 0 Å².